The van der Waals surface area contributed by atoms with Crippen LogP contribution in [0.1, 0.15) is 54.5 Å². The lowest BCUT2D eigenvalue weighted by Gasteiger charge is -2.41. The van der Waals surface area contributed by atoms with Gasteiger partial charge in [0, 0.05) is 12.4 Å². The van der Waals surface area contributed by atoms with Crippen molar-refractivity contribution in [1.29, 1.82) is 0 Å². The van der Waals surface area contributed by atoms with Gasteiger partial charge in [0.2, 0.25) is 0 Å². The number of carbonyl (C=O) groups excluding carboxylic acids is 1. The van der Waals surface area contributed by atoms with Crippen LogP contribution in [0.4, 0.5) is 9.18 Å². The highest BCUT2D eigenvalue weighted by Gasteiger charge is 2.44. The third-order valence-electron chi connectivity index (χ3n) is 5.17. The van der Waals surface area contributed by atoms with Gasteiger partial charge in [0.1, 0.15) is 11.9 Å². The van der Waals surface area contributed by atoms with Gasteiger partial charge < -0.3 is 9.84 Å². The molecule has 1 aliphatic heterocycles. The maximum atomic E-state index is 13.6. The molecule has 3 N–H and O–H groups in total. The van der Waals surface area contributed by atoms with E-state index < -0.39 is 29.7 Å². The van der Waals surface area contributed by atoms with E-state index in [4.69, 9.17) is 10.6 Å². The summed E-state index contributed by atoms with van der Waals surface area (Å²) in [5.74, 6) is 5.74. The smallest absolute Gasteiger partial charge is 0.425 e. The summed E-state index contributed by atoms with van der Waals surface area (Å²) < 4.78 is 19.0. The van der Waals surface area contributed by atoms with Crippen LogP contribution in [0.15, 0.2) is 42.7 Å². The first-order valence-electron chi connectivity index (χ1n) is 8.51. The van der Waals surface area contributed by atoms with E-state index in [1.807, 2.05) is 13.0 Å². The van der Waals surface area contributed by atoms with Crippen molar-refractivity contribution >= 4 is 6.09 Å². The van der Waals surface area contributed by atoms with Crippen LogP contribution in [0.3, 0.4) is 0 Å². The molecule has 0 bridgehead atoms. The van der Waals surface area contributed by atoms with Crippen LogP contribution in [0, 0.1) is 5.82 Å². The summed E-state index contributed by atoms with van der Waals surface area (Å²) in [7, 11) is 0. The lowest BCUT2D eigenvalue weighted by atomic mass is 9.69. The third kappa shape index (κ3) is 2.93. The van der Waals surface area contributed by atoms with Gasteiger partial charge in [-0.2, -0.15) is 0 Å². The van der Waals surface area contributed by atoms with Crippen LogP contribution >= 0.6 is 0 Å². The quantitative estimate of drug-likeness (QED) is 0.651. The number of aliphatic hydroxyl groups is 1. The second kappa shape index (κ2) is 6.03. The number of ether oxygens (including phenoxy) is 1. The molecule has 0 spiro atoms. The summed E-state index contributed by atoms with van der Waals surface area (Å²) in [5.41, 5.74) is 1.60. The van der Waals surface area contributed by atoms with Gasteiger partial charge in [-0.25, -0.2) is 20.0 Å². The van der Waals surface area contributed by atoms with Crippen molar-refractivity contribution in [2.45, 2.75) is 43.4 Å². The molecule has 1 aromatic heterocycles. The molecular formula is C19H20FN3O3. The standard InChI is InChI=1S/C19H20FN3O3/c1-19(25)7-14(8-19)12-5-13(10-22-9-12)16-17(26-18(24)23(16)21)11-3-2-4-15(20)6-11/h2-6,9-10,14,16-17,25H,7-8,21H2,1H3/t14-,16-,17-,19+/m1/s1. The normalized spacial score (nSPS) is 30.8. The Labute approximate surface area is 150 Å². The second-order valence-corrected chi connectivity index (χ2v) is 7.37. The Balaban J connectivity index is 1.67. The van der Waals surface area contributed by atoms with Crippen LogP contribution in [0.2, 0.25) is 0 Å². The third-order valence-corrected chi connectivity index (χ3v) is 5.17. The number of rotatable bonds is 3. The van der Waals surface area contributed by atoms with Gasteiger partial charge in [0.15, 0.2) is 6.10 Å². The van der Waals surface area contributed by atoms with Crippen LogP contribution in [-0.4, -0.2) is 26.8 Å². The van der Waals surface area contributed by atoms with Gasteiger partial charge in [0.25, 0.3) is 0 Å². The highest BCUT2D eigenvalue weighted by molar-refractivity contribution is 5.70. The molecule has 1 saturated heterocycles. The maximum absolute atomic E-state index is 13.6. The molecule has 0 unspecified atom stereocenters. The predicted molar refractivity (Wildman–Crippen MR) is 91.2 cm³/mol. The molecule has 1 aliphatic carbocycles. The molecule has 2 aliphatic rings. The minimum Gasteiger partial charge on any atom is -0.438 e. The van der Waals surface area contributed by atoms with Crippen LogP contribution in [0.25, 0.3) is 0 Å². The Morgan fingerprint density at radius 1 is 1.27 bits per heavy atom. The van der Waals surface area contributed by atoms with Crippen molar-refractivity contribution in [3.63, 3.8) is 0 Å². The van der Waals surface area contributed by atoms with Crippen LogP contribution < -0.4 is 5.84 Å². The summed E-state index contributed by atoms with van der Waals surface area (Å²) in [6.07, 6.45) is 3.35. The number of hydrogen-bond acceptors (Lipinski definition) is 5. The fourth-order valence-corrected chi connectivity index (χ4v) is 3.86. The Bertz CT molecular complexity index is 849. The van der Waals surface area contributed by atoms with Gasteiger partial charge in [-0.3, -0.25) is 4.98 Å². The number of aromatic nitrogens is 1. The Morgan fingerprint density at radius 2 is 2.00 bits per heavy atom. The lowest BCUT2D eigenvalue weighted by Crippen LogP contribution is -2.39. The van der Waals surface area contributed by atoms with E-state index in [1.54, 1.807) is 24.5 Å². The number of nitrogens with zero attached hydrogens (tertiary/aromatic N) is 2. The first kappa shape index (κ1) is 16.9. The van der Waals surface area contributed by atoms with E-state index in [1.165, 1.54) is 12.1 Å². The van der Waals surface area contributed by atoms with Crippen molar-refractivity contribution in [3.8, 4) is 0 Å². The number of hydrazine groups is 1. The van der Waals surface area contributed by atoms with Crippen molar-refractivity contribution in [1.82, 2.24) is 9.99 Å². The number of halogens is 1. The zero-order valence-corrected chi connectivity index (χ0v) is 14.3. The summed E-state index contributed by atoms with van der Waals surface area (Å²) in [4.78, 5) is 16.3. The average Bonchev–Trinajstić information content (AvgIpc) is 2.88. The maximum Gasteiger partial charge on any atom is 0.425 e. The predicted octanol–water partition coefficient (Wildman–Crippen LogP) is 2.96. The van der Waals surface area contributed by atoms with Crippen LogP contribution in [0.5, 0.6) is 0 Å². The fourth-order valence-electron chi connectivity index (χ4n) is 3.86. The average molecular weight is 357 g/mol. The molecule has 26 heavy (non-hydrogen) atoms. The molecule has 1 aromatic carbocycles. The van der Waals surface area contributed by atoms with E-state index in [0.29, 0.717) is 18.4 Å². The topological polar surface area (TPSA) is 88.7 Å². The Kier molecular flexibility index (Phi) is 3.93. The zero-order chi connectivity index (χ0) is 18.5. The molecule has 0 radical (unpaired) electrons. The van der Waals surface area contributed by atoms with Crippen molar-refractivity contribution in [3.05, 3.63) is 65.2 Å². The summed E-state index contributed by atoms with van der Waals surface area (Å²) in [5, 5.41) is 11.0. The number of hydrogen-bond donors (Lipinski definition) is 2. The summed E-state index contributed by atoms with van der Waals surface area (Å²) in [6.45, 7) is 1.81. The summed E-state index contributed by atoms with van der Waals surface area (Å²) in [6, 6.07) is 7.28. The van der Waals surface area contributed by atoms with E-state index in [2.05, 4.69) is 4.98 Å². The molecule has 2 fully saturated rings. The zero-order valence-electron chi connectivity index (χ0n) is 14.3. The van der Waals surface area contributed by atoms with Gasteiger partial charge in [-0.15, -0.1) is 0 Å². The molecular weight excluding hydrogens is 337 g/mol. The van der Waals surface area contributed by atoms with E-state index in [0.717, 1.165) is 16.1 Å². The molecule has 136 valence electrons. The highest BCUT2D eigenvalue weighted by Crippen LogP contribution is 2.46. The monoisotopic (exact) mass is 357 g/mol. The van der Waals surface area contributed by atoms with Gasteiger partial charge in [-0.1, -0.05) is 18.2 Å². The van der Waals surface area contributed by atoms with Gasteiger partial charge >= 0.3 is 6.09 Å². The van der Waals surface area contributed by atoms with E-state index in [9.17, 15) is 14.3 Å². The number of nitrogens with two attached hydrogens (primary N) is 1. The minimum absolute atomic E-state index is 0.217. The highest BCUT2D eigenvalue weighted by atomic mass is 19.1. The molecule has 7 heteroatoms. The molecule has 6 nitrogen and oxygen atoms in total. The molecule has 1 amide bonds. The largest absolute Gasteiger partial charge is 0.438 e. The van der Waals surface area contributed by atoms with Gasteiger partial charge in [0.05, 0.1) is 5.60 Å². The summed E-state index contributed by atoms with van der Waals surface area (Å²) >= 11 is 0. The molecule has 2 heterocycles. The lowest BCUT2D eigenvalue weighted by molar-refractivity contribution is -0.0314. The SMILES string of the molecule is C[C@]1(O)C[C@@H](c2cncc([C@@H]3[C@@H](c4cccc(F)c4)OC(=O)N3N)c2)C1. The van der Waals surface area contributed by atoms with E-state index >= 15 is 0 Å². The van der Waals surface area contributed by atoms with Crippen molar-refractivity contribution in [2.24, 2.45) is 5.84 Å². The number of cyclic esters (lactones) is 1. The molecule has 1 saturated carbocycles. The number of benzene rings is 1. The number of carbonyl (C=O) groups is 1. The number of pyridine rings is 1. The second-order valence-electron chi connectivity index (χ2n) is 7.37. The molecule has 2 atom stereocenters. The molecule has 4 rings (SSSR count). The number of amides is 1. The first-order chi connectivity index (χ1) is 12.3. The fraction of sp³-hybridized carbons (Fsp3) is 0.368. The first-order valence-corrected chi connectivity index (χ1v) is 8.51. The van der Waals surface area contributed by atoms with Crippen molar-refractivity contribution < 1.29 is 19.0 Å². The van der Waals surface area contributed by atoms with Crippen LogP contribution in [-0.2, 0) is 4.74 Å². The molecule has 2 aromatic rings. The van der Waals surface area contributed by atoms with Crippen molar-refractivity contribution in [2.75, 3.05) is 0 Å². The van der Waals surface area contributed by atoms with E-state index in [-0.39, 0.29) is 5.92 Å². The van der Waals surface area contributed by atoms with Gasteiger partial charge in [-0.05, 0) is 54.5 Å². The Hall–Kier alpha value is -2.51. The Morgan fingerprint density at radius 3 is 2.69 bits per heavy atom. The minimum atomic E-state index is -0.718.